The monoisotopic (exact) mass is 183 g/mol. The largest absolute Gasteiger partial charge is 0.289 e. The van der Waals surface area contributed by atoms with E-state index >= 15 is 0 Å². The molecule has 0 aromatic heterocycles. The number of hydrogen-bond acceptors (Lipinski definition) is 0. The van der Waals surface area contributed by atoms with E-state index in [9.17, 15) is 5.11 Å². The van der Waals surface area contributed by atoms with E-state index in [0.717, 1.165) is 16.7 Å². The van der Waals surface area contributed by atoms with Gasteiger partial charge in [0.25, 0.3) is 0 Å². The summed E-state index contributed by atoms with van der Waals surface area (Å²) < 4.78 is 0. The molecular formula is C13H11O. The maximum atomic E-state index is 11.8. The Hall–Kier alpha value is -1.76. The van der Waals surface area contributed by atoms with Crippen LogP contribution in [0.2, 0.25) is 0 Å². The SMILES string of the molecule is Cc1cccc(-c2ccccc2)c1[O]. The number of hydrogen-bond donors (Lipinski definition) is 0. The average Bonchev–Trinajstić information content (AvgIpc) is 2.23. The summed E-state index contributed by atoms with van der Waals surface area (Å²) in [5.41, 5.74) is 2.57. The van der Waals surface area contributed by atoms with Crippen LogP contribution in [0.1, 0.15) is 5.56 Å². The molecule has 0 fully saturated rings. The number of rotatable bonds is 1. The zero-order valence-corrected chi connectivity index (χ0v) is 8.03. The summed E-state index contributed by atoms with van der Waals surface area (Å²) in [6.45, 7) is 1.84. The smallest absolute Gasteiger partial charge is 0.189 e. The first kappa shape index (κ1) is 8.82. The highest BCUT2D eigenvalue weighted by Gasteiger charge is 2.06. The summed E-state index contributed by atoms with van der Waals surface area (Å²) in [5.74, 6) is 0.124. The Morgan fingerprint density at radius 2 is 1.57 bits per heavy atom. The van der Waals surface area contributed by atoms with E-state index in [4.69, 9.17) is 0 Å². The van der Waals surface area contributed by atoms with Gasteiger partial charge in [-0.3, -0.25) is 5.11 Å². The van der Waals surface area contributed by atoms with Crippen LogP contribution in [0.25, 0.3) is 11.1 Å². The molecule has 0 aliphatic rings. The van der Waals surface area contributed by atoms with E-state index in [1.165, 1.54) is 0 Å². The van der Waals surface area contributed by atoms with Crippen LogP contribution in [0, 0.1) is 6.92 Å². The molecule has 0 heterocycles. The highest BCUT2D eigenvalue weighted by atomic mass is 16.3. The molecule has 0 aliphatic heterocycles. The molecule has 0 amide bonds. The van der Waals surface area contributed by atoms with Crippen LogP contribution in [0.15, 0.2) is 48.5 Å². The molecule has 0 atom stereocenters. The van der Waals surface area contributed by atoms with Gasteiger partial charge in [-0.1, -0.05) is 48.5 Å². The van der Waals surface area contributed by atoms with Gasteiger partial charge in [0.2, 0.25) is 0 Å². The third kappa shape index (κ3) is 1.49. The van der Waals surface area contributed by atoms with Gasteiger partial charge in [-0.15, -0.1) is 0 Å². The number of aryl methyl sites for hydroxylation is 1. The van der Waals surface area contributed by atoms with Crippen molar-refractivity contribution >= 4 is 0 Å². The second-order valence-electron chi connectivity index (χ2n) is 3.32. The molecule has 1 nitrogen and oxygen atoms in total. The lowest BCUT2D eigenvalue weighted by Gasteiger charge is -2.03. The Kier molecular flexibility index (Phi) is 2.23. The van der Waals surface area contributed by atoms with E-state index in [-0.39, 0.29) is 5.75 Å². The molecule has 0 saturated heterocycles. The fraction of sp³-hybridized carbons (Fsp3) is 0.0769. The molecule has 0 bridgehead atoms. The first-order chi connectivity index (χ1) is 6.79. The molecule has 14 heavy (non-hydrogen) atoms. The minimum atomic E-state index is 0.124. The molecule has 0 N–H and O–H groups in total. The van der Waals surface area contributed by atoms with Gasteiger partial charge in [0.05, 0.1) is 0 Å². The molecule has 69 valence electrons. The van der Waals surface area contributed by atoms with Crippen LogP contribution in [0.3, 0.4) is 0 Å². The summed E-state index contributed by atoms with van der Waals surface area (Å²) in [4.78, 5) is 0. The van der Waals surface area contributed by atoms with Crippen LogP contribution in [-0.4, -0.2) is 0 Å². The lowest BCUT2D eigenvalue weighted by atomic mass is 10.0. The Morgan fingerprint density at radius 1 is 0.857 bits per heavy atom. The topological polar surface area (TPSA) is 19.9 Å². The summed E-state index contributed by atoms with van der Waals surface area (Å²) >= 11 is 0. The summed E-state index contributed by atoms with van der Waals surface area (Å²) in [6.07, 6.45) is 0. The number of para-hydroxylation sites is 1. The molecule has 1 heteroatoms. The lowest BCUT2D eigenvalue weighted by molar-refractivity contribution is 0.353. The zero-order valence-electron chi connectivity index (χ0n) is 8.03. The summed E-state index contributed by atoms with van der Waals surface area (Å²) in [5, 5.41) is 11.8. The van der Waals surface area contributed by atoms with E-state index in [1.54, 1.807) is 0 Å². The Bertz CT molecular complexity index is 432. The van der Waals surface area contributed by atoms with Gasteiger partial charge >= 0.3 is 0 Å². The van der Waals surface area contributed by atoms with E-state index in [2.05, 4.69) is 0 Å². The minimum absolute atomic E-state index is 0.124. The van der Waals surface area contributed by atoms with Crippen molar-refractivity contribution in [2.24, 2.45) is 0 Å². The Balaban J connectivity index is 2.58. The molecule has 0 spiro atoms. The van der Waals surface area contributed by atoms with Crippen molar-refractivity contribution in [2.75, 3.05) is 0 Å². The standard InChI is InChI=1S/C13H11O/c1-10-6-5-9-12(13(10)14)11-7-3-2-4-8-11/h2-9H,1H3. The van der Waals surface area contributed by atoms with Gasteiger partial charge in [-0.25, -0.2) is 0 Å². The molecule has 0 aliphatic carbocycles. The number of benzene rings is 2. The average molecular weight is 183 g/mol. The van der Waals surface area contributed by atoms with E-state index in [1.807, 2.05) is 55.5 Å². The highest BCUT2D eigenvalue weighted by molar-refractivity contribution is 5.71. The Morgan fingerprint density at radius 3 is 2.29 bits per heavy atom. The molecule has 0 saturated carbocycles. The van der Waals surface area contributed by atoms with Crippen LogP contribution >= 0.6 is 0 Å². The van der Waals surface area contributed by atoms with Crippen molar-refractivity contribution in [3.8, 4) is 16.9 Å². The molecular weight excluding hydrogens is 172 g/mol. The van der Waals surface area contributed by atoms with Crippen molar-refractivity contribution in [3.63, 3.8) is 0 Å². The predicted molar refractivity (Wildman–Crippen MR) is 56.7 cm³/mol. The van der Waals surface area contributed by atoms with Crippen molar-refractivity contribution in [2.45, 2.75) is 6.92 Å². The van der Waals surface area contributed by atoms with Crippen LogP contribution in [0.5, 0.6) is 5.75 Å². The second kappa shape index (κ2) is 3.54. The van der Waals surface area contributed by atoms with Gasteiger partial charge in [0.15, 0.2) is 5.75 Å². The van der Waals surface area contributed by atoms with Crippen LogP contribution < -0.4 is 0 Å². The van der Waals surface area contributed by atoms with Crippen molar-refractivity contribution in [1.82, 2.24) is 0 Å². The predicted octanol–water partition coefficient (Wildman–Crippen LogP) is 3.81. The van der Waals surface area contributed by atoms with Crippen molar-refractivity contribution in [3.05, 3.63) is 54.1 Å². The molecule has 2 rings (SSSR count). The first-order valence-corrected chi connectivity index (χ1v) is 4.61. The molecule has 2 aromatic rings. The maximum Gasteiger partial charge on any atom is 0.189 e. The maximum absolute atomic E-state index is 11.8. The van der Waals surface area contributed by atoms with E-state index in [0.29, 0.717) is 0 Å². The highest BCUT2D eigenvalue weighted by Crippen LogP contribution is 2.31. The van der Waals surface area contributed by atoms with Gasteiger partial charge < -0.3 is 0 Å². The summed E-state index contributed by atoms with van der Waals surface area (Å²) in [7, 11) is 0. The van der Waals surface area contributed by atoms with Crippen LogP contribution in [0.4, 0.5) is 0 Å². The third-order valence-corrected chi connectivity index (χ3v) is 2.30. The quantitative estimate of drug-likeness (QED) is 0.640. The van der Waals surface area contributed by atoms with Gasteiger partial charge in [0, 0.05) is 5.56 Å². The fourth-order valence-corrected chi connectivity index (χ4v) is 1.50. The van der Waals surface area contributed by atoms with Gasteiger partial charge in [0.1, 0.15) is 0 Å². The van der Waals surface area contributed by atoms with Gasteiger partial charge in [-0.2, -0.15) is 0 Å². The molecule has 1 radical (unpaired) electrons. The zero-order chi connectivity index (χ0) is 9.97. The van der Waals surface area contributed by atoms with Gasteiger partial charge in [-0.05, 0) is 18.1 Å². The first-order valence-electron chi connectivity index (χ1n) is 4.61. The normalized spacial score (nSPS) is 10.1. The lowest BCUT2D eigenvalue weighted by Crippen LogP contribution is -1.80. The minimum Gasteiger partial charge on any atom is -0.289 e. The second-order valence-corrected chi connectivity index (χ2v) is 3.32. The van der Waals surface area contributed by atoms with E-state index < -0.39 is 0 Å². The fourth-order valence-electron chi connectivity index (χ4n) is 1.50. The van der Waals surface area contributed by atoms with Crippen LogP contribution in [-0.2, 0) is 5.11 Å². The third-order valence-electron chi connectivity index (χ3n) is 2.30. The van der Waals surface area contributed by atoms with Crippen molar-refractivity contribution in [1.29, 1.82) is 0 Å². The Labute approximate surface area is 83.6 Å². The summed E-state index contributed by atoms with van der Waals surface area (Å²) in [6, 6.07) is 15.4. The van der Waals surface area contributed by atoms with Crippen molar-refractivity contribution < 1.29 is 5.11 Å². The molecule has 0 unspecified atom stereocenters. The molecule has 2 aromatic carbocycles.